The lowest BCUT2D eigenvalue weighted by atomic mass is 9.96. The summed E-state index contributed by atoms with van der Waals surface area (Å²) in [7, 11) is 0. The molecule has 0 atom stereocenters. The molecule has 0 aliphatic carbocycles. The van der Waals surface area contributed by atoms with Gasteiger partial charge in [-0.15, -0.1) is 0 Å². The van der Waals surface area contributed by atoms with Crippen molar-refractivity contribution in [3.63, 3.8) is 0 Å². The lowest BCUT2D eigenvalue weighted by molar-refractivity contribution is -0.402. The van der Waals surface area contributed by atoms with Crippen LogP contribution in [0.3, 0.4) is 0 Å². The van der Waals surface area contributed by atoms with Crippen molar-refractivity contribution >= 4 is 5.88 Å². The third-order valence-electron chi connectivity index (χ3n) is 2.00. The molecule has 1 heterocycles. The molecule has 16 heavy (non-hydrogen) atoms. The van der Waals surface area contributed by atoms with Crippen molar-refractivity contribution in [3.05, 3.63) is 28.0 Å². The summed E-state index contributed by atoms with van der Waals surface area (Å²) in [6.45, 7) is 4.49. The molecule has 0 saturated carbocycles. The predicted octanol–water partition coefficient (Wildman–Crippen LogP) is 1.83. The van der Waals surface area contributed by atoms with Crippen molar-refractivity contribution in [1.29, 1.82) is 5.26 Å². The average molecular weight is 223 g/mol. The van der Waals surface area contributed by atoms with Crippen LogP contribution in [-0.4, -0.2) is 11.5 Å². The lowest BCUT2D eigenvalue weighted by Crippen LogP contribution is -2.27. The minimum Gasteiger partial charge on any atom is -0.404 e. The van der Waals surface area contributed by atoms with Crippen LogP contribution >= 0.6 is 0 Å². The van der Waals surface area contributed by atoms with Crippen LogP contribution in [0.4, 0.5) is 5.88 Å². The maximum atomic E-state index is 10.3. The molecular formula is C10H13N3O3. The number of hydrogen-bond acceptors (Lipinski definition) is 5. The molecule has 0 aliphatic rings. The van der Waals surface area contributed by atoms with Gasteiger partial charge in [0.1, 0.15) is 10.7 Å². The van der Waals surface area contributed by atoms with E-state index in [-0.39, 0.29) is 5.88 Å². The van der Waals surface area contributed by atoms with Crippen molar-refractivity contribution in [1.82, 2.24) is 5.32 Å². The van der Waals surface area contributed by atoms with Crippen LogP contribution in [0.15, 0.2) is 16.5 Å². The van der Waals surface area contributed by atoms with Crippen molar-refractivity contribution in [2.45, 2.75) is 20.4 Å². The zero-order valence-corrected chi connectivity index (χ0v) is 9.19. The topological polar surface area (TPSA) is 92.1 Å². The van der Waals surface area contributed by atoms with Crippen LogP contribution < -0.4 is 5.32 Å². The molecule has 0 bridgehead atoms. The SMILES string of the molecule is CC(C)(C#N)CNCc1ccc([N+](=O)[O-])o1. The summed E-state index contributed by atoms with van der Waals surface area (Å²) in [5, 5.41) is 22.1. The molecule has 86 valence electrons. The number of furan rings is 1. The minimum atomic E-state index is -0.581. The Kier molecular flexibility index (Phi) is 3.64. The third kappa shape index (κ3) is 3.37. The fourth-order valence-electron chi connectivity index (χ4n) is 1.10. The molecule has 0 radical (unpaired) electrons. The summed E-state index contributed by atoms with van der Waals surface area (Å²) in [6.07, 6.45) is 0. The molecule has 1 rings (SSSR count). The van der Waals surface area contributed by atoms with Crippen LogP contribution in [0, 0.1) is 26.9 Å². The van der Waals surface area contributed by atoms with Gasteiger partial charge in [-0.25, -0.2) is 0 Å². The third-order valence-corrected chi connectivity index (χ3v) is 2.00. The first kappa shape index (κ1) is 12.2. The first-order valence-corrected chi connectivity index (χ1v) is 4.80. The molecule has 1 N–H and O–H groups in total. The molecular weight excluding hydrogens is 210 g/mol. The number of nitriles is 1. The Balaban J connectivity index is 2.44. The fraction of sp³-hybridized carbons (Fsp3) is 0.500. The van der Waals surface area contributed by atoms with Gasteiger partial charge in [0.05, 0.1) is 24.1 Å². The Morgan fingerprint density at radius 1 is 1.62 bits per heavy atom. The predicted molar refractivity (Wildman–Crippen MR) is 56.5 cm³/mol. The van der Waals surface area contributed by atoms with Crippen LogP contribution in [-0.2, 0) is 6.54 Å². The van der Waals surface area contributed by atoms with Gasteiger partial charge in [-0.2, -0.15) is 5.26 Å². The van der Waals surface area contributed by atoms with Crippen LogP contribution in [0.2, 0.25) is 0 Å². The normalized spacial score (nSPS) is 11.1. The zero-order valence-electron chi connectivity index (χ0n) is 9.19. The Morgan fingerprint density at radius 2 is 2.31 bits per heavy atom. The first-order valence-electron chi connectivity index (χ1n) is 4.80. The number of hydrogen-bond donors (Lipinski definition) is 1. The number of rotatable bonds is 5. The second-order valence-electron chi connectivity index (χ2n) is 4.10. The van der Waals surface area contributed by atoms with E-state index in [1.165, 1.54) is 6.07 Å². The van der Waals surface area contributed by atoms with E-state index in [0.717, 1.165) is 0 Å². The van der Waals surface area contributed by atoms with E-state index in [4.69, 9.17) is 9.68 Å². The van der Waals surface area contributed by atoms with Gasteiger partial charge in [0.2, 0.25) is 0 Å². The number of nitro groups is 1. The van der Waals surface area contributed by atoms with E-state index >= 15 is 0 Å². The monoisotopic (exact) mass is 223 g/mol. The van der Waals surface area contributed by atoms with Gasteiger partial charge in [-0.3, -0.25) is 10.1 Å². The summed E-state index contributed by atoms with van der Waals surface area (Å²) in [6, 6.07) is 5.01. The standard InChI is InChI=1S/C10H13N3O3/c1-10(2,6-11)7-12-5-8-3-4-9(16-8)13(14)15/h3-4,12H,5,7H2,1-2H3. The van der Waals surface area contributed by atoms with Crippen LogP contribution in [0.25, 0.3) is 0 Å². The van der Waals surface area contributed by atoms with Crippen LogP contribution in [0.5, 0.6) is 0 Å². The van der Waals surface area contributed by atoms with Gasteiger partial charge >= 0.3 is 5.88 Å². The molecule has 0 spiro atoms. The van der Waals surface area contributed by atoms with Gasteiger partial charge in [0.15, 0.2) is 0 Å². The lowest BCUT2D eigenvalue weighted by Gasteiger charge is -2.14. The van der Waals surface area contributed by atoms with Crippen molar-refractivity contribution in [2.75, 3.05) is 6.54 Å². The van der Waals surface area contributed by atoms with Gasteiger partial charge in [-0.05, 0) is 19.9 Å². The molecule has 6 heteroatoms. The molecule has 0 unspecified atom stereocenters. The molecule has 1 aromatic rings. The summed E-state index contributed by atoms with van der Waals surface area (Å²) in [5.74, 6) is 0.219. The average Bonchev–Trinajstić information content (AvgIpc) is 2.66. The summed E-state index contributed by atoms with van der Waals surface area (Å²) in [4.78, 5) is 9.76. The highest BCUT2D eigenvalue weighted by Gasteiger charge is 2.16. The van der Waals surface area contributed by atoms with E-state index in [9.17, 15) is 10.1 Å². The Bertz CT molecular complexity index is 417. The number of nitrogens with zero attached hydrogens (tertiary/aromatic N) is 2. The van der Waals surface area contributed by atoms with Crippen molar-refractivity contribution in [3.8, 4) is 6.07 Å². The maximum Gasteiger partial charge on any atom is 0.433 e. The smallest absolute Gasteiger partial charge is 0.404 e. The molecule has 6 nitrogen and oxygen atoms in total. The maximum absolute atomic E-state index is 10.3. The van der Waals surface area contributed by atoms with E-state index in [1.54, 1.807) is 6.07 Å². The van der Waals surface area contributed by atoms with Gasteiger partial charge in [-0.1, -0.05) is 0 Å². The highest BCUT2D eigenvalue weighted by atomic mass is 16.6. The van der Waals surface area contributed by atoms with Crippen LogP contribution in [0.1, 0.15) is 19.6 Å². The van der Waals surface area contributed by atoms with Crippen molar-refractivity contribution < 1.29 is 9.34 Å². The fourth-order valence-corrected chi connectivity index (χ4v) is 1.10. The Hall–Kier alpha value is -1.87. The summed E-state index contributed by atoms with van der Waals surface area (Å²) < 4.78 is 4.95. The second-order valence-corrected chi connectivity index (χ2v) is 4.10. The Labute approximate surface area is 93.0 Å². The first-order chi connectivity index (χ1) is 7.44. The van der Waals surface area contributed by atoms with Crippen molar-refractivity contribution in [2.24, 2.45) is 5.41 Å². The molecule has 0 aromatic carbocycles. The van der Waals surface area contributed by atoms with E-state index in [2.05, 4.69) is 11.4 Å². The highest BCUT2D eigenvalue weighted by Crippen LogP contribution is 2.16. The quantitative estimate of drug-likeness (QED) is 0.607. The molecule has 0 aliphatic heterocycles. The molecule has 0 fully saturated rings. The van der Waals surface area contributed by atoms with Gasteiger partial charge in [0, 0.05) is 6.54 Å². The van der Waals surface area contributed by atoms with E-state index in [0.29, 0.717) is 18.8 Å². The largest absolute Gasteiger partial charge is 0.433 e. The summed E-state index contributed by atoms with van der Waals surface area (Å²) >= 11 is 0. The van der Waals surface area contributed by atoms with E-state index < -0.39 is 10.3 Å². The summed E-state index contributed by atoms with van der Waals surface area (Å²) in [5.41, 5.74) is -0.460. The second kappa shape index (κ2) is 4.77. The van der Waals surface area contributed by atoms with E-state index in [1.807, 2.05) is 13.8 Å². The molecule has 0 amide bonds. The van der Waals surface area contributed by atoms with Gasteiger partial charge in [0.25, 0.3) is 0 Å². The number of nitrogens with one attached hydrogen (secondary N) is 1. The molecule has 1 aromatic heterocycles. The zero-order chi connectivity index (χ0) is 12.2. The van der Waals surface area contributed by atoms with Gasteiger partial charge < -0.3 is 9.73 Å². The molecule has 0 saturated heterocycles. The minimum absolute atomic E-state index is 0.267. The Morgan fingerprint density at radius 3 is 2.81 bits per heavy atom. The highest BCUT2D eigenvalue weighted by molar-refractivity contribution is 5.17.